The number of hydrogen-bond acceptors (Lipinski definition) is 5. The quantitative estimate of drug-likeness (QED) is 0.829. The minimum absolute atomic E-state index is 0.0681. The first-order valence-electron chi connectivity index (χ1n) is 8.97. The third kappa shape index (κ3) is 3.59. The number of nitrogens with one attached hydrogen (secondary N) is 1. The van der Waals surface area contributed by atoms with E-state index in [-0.39, 0.29) is 17.7 Å². The maximum atomic E-state index is 12.7. The lowest BCUT2D eigenvalue weighted by molar-refractivity contribution is -0.119. The van der Waals surface area contributed by atoms with Gasteiger partial charge in [-0.2, -0.15) is 9.40 Å². The number of anilines is 1. The Morgan fingerprint density at radius 2 is 2.15 bits per heavy atom. The normalized spacial score (nSPS) is 18.7. The summed E-state index contributed by atoms with van der Waals surface area (Å²) in [5.41, 5.74) is 1.30. The molecule has 8 nitrogen and oxygen atoms in total. The average molecular weight is 379 g/mol. The smallest absolute Gasteiger partial charge is 0.242 e. The first-order chi connectivity index (χ1) is 12.3. The Balaban J connectivity index is 1.78. The molecule has 1 fully saturated rings. The van der Waals surface area contributed by atoms with Gasteiger partial charge in [-0.3, -0.25) is 4.79 Å². The van der Waals surface area contributed by atoms with Crippen LogP contribution in [0, 0.1) is 0 Å². The van der Waals surface area contributed by atoms with Crippen molar-refractivity contribution in [2.45, 2.75) is 52.1 Å². The summed E-state index contributed by atoms with van der Waals surface area (Å²) in [6, 6.07) is 1.35. The van der Waals surface area contributed by atoms with Crippen LogP contribution in [0.1, 0.15) is 46.1 Å². The Morgan fingerprint density at radius 1 is 1.38 bits per heavy atom. The highest BCUT2D eigenvalue weighted by Crippen LogP contribution is 2.24. The van der Waals surface area contributed by atoms with Gasteiger partial charge in [-0.15, -0.1) is 0 Å². The molecule has 0 bridgehead atoms. The molecule has 0 radical (unpaired) electrons. The minimum atomic E-state index is -3.39. The summed E-state index contributed by atoms with van der Waals surface area (Å²) in [4.78, 5) is 17.1. The van der Waals surface area contributed by atoms with Crippen molar-refractivity contribution in [1.82, 2.24) is 19.1 Å². The lowest BCUT2D eigenvalue weighted by Crippen LogP contribution is -2.44. The highest BCUT2D eigenvalue weighted by Gasteiger charge is 2.38. The number of fused-ring (bicyclic) bond motifs is 1. The Hall–Kier alpha value is -2.00. The predicted molar refractivity (Wildman–Crippen MR) is 100 cm³/mol. The number of aromatic nitrogens is 3. The molecule has 0 unspecified atom stereocenters. The predicted octanol–water partition coefficient (Wildman–Crippen LogP) is 2.15. The lowest BCUT2D eigenvalue weighted by Gasteiger charge is -2.23. The van der Waals surface area contributed by atoms with Gasteiger partial charge in [-0.1, -0.05) is 6.92 Å². The summed E-state index contributed by atoms with van der Waals surface area (Å²) >= 11 is 0. The fourth-order valence-corrected chi connectivity index (χ4v) is 5.07. The minimum Gasteiger partial charge on any atom is -0.323 e. The van der Waals surface area contributed by atoms with Gasteiger partial charge >= 0.3 is 0 Å². The van der Waals surface area contributed by atoms with Gasteiger partial charge in [0.25, 0.3) is 0 Å². The lowest BCUT2D eigenvalue weighted by atomic mass is 10.2. The summed E-state index contributed by atoms with van der Waals surface area (Å²) in [7, 11) is -3.39. The Kier molecular flexibility index (Phi) is 5.29. The standard InChI is InChI=1S/C17H25N5O3S/c1-4-8-26(24,25)21-7-5-6-15(21)17(23)20-14-9-13-10-19-22(12(2)3)16(13)18-11-14/h9-12,15H,4-8H2,1-3H3,(H,20,23)/t15-/m1/s1. The zero-order valence-corrected chi connectivity index (χ0v) is 16.2. The number of rotatable bonds is 6. The summed E-state index contributed by atoms with van der Waals surface area (Å²) in [6.45, 7) is 6.27. The van der Waals surface area contributed by atoms with Crippen LogP contribution in [0.4, 0.5) is 5.69 Å². The zero-order chi connectivity index (χ0) is 18.9. The molecule has 1 saturated heterocycles. The van der Waals surface area contributed by atoms with Crippen molar-refractivity contribution in [2.24, 2.45) is 0 Å². The van der Waals surface area contributed by atoms with Crippen LogP contribution in [-0.2, 0) is 14.8 Å². The van der Waals surface area contributed by atoms with Crippen LogP contribution < -0.4 is 5.32 Å². The number of pyridine rings is 1. The van der Waals surface area contributed by atoms with E-state index < -0.39 is 16.1 Å². The van der Waals surface area contributed by atoms with Crippen molar-refractivity contribution < 1.29 is 13.2 Å². The molecular weight excluding hydrogens is 354 g/mol. The number of carbonyl (C=O) groups excluding carboxylic acids is 1. The van der Waals surface area contributed by atoms with Crippen molar-refractivity contribution in [3.8, 4) is 0 Å². The third-order valence-electron chi connectivity index (χ3n) is 4.52. The van der Waals surface area contributed by atoms with Gasteiger partial charge < -0.3 is 5.32 Å². The zero-order valence-electron chi connectivity index (χ0n) is 15.3. The van der Waals surface area contributed by atoms with Crippen LogP contribution in [-0.4, -0.2) is 51.7 Å². The van der Waals surface area contributed by atoms with Crippen LogP contribution in [0.5, 0.6) is 0 Å². The van der Waals surface area contributed by atoms with Crippen molar-refractivity contribution in [2.75, 3.05) is 17.6 Å². The maximum absolute atomic E-state index is 12.7. The first-order valence-corrected chi connectivity index (χ1v) is 10.6. The molecule has 1 aliphatic heterocycles. The van der Waals surface area contributed by atoms with E-state index in [1.807, 2.05) is 31.5 Å². The number of sulfonamides is 1. The Bertz CT molecular complexity index is 906. The van der Waals surface area contributed by atoms with E-state index in [1.54, 1.807) is 12.4 Å². The maximum Gasteiger partial charge on any atom is 0.242 e. The summed E-state index contributed by atoms with van der Waals surface area (Å²) in [5.74, 6) is -0.238. The van der Waals surface area contributed by atoms with E-state index in [0.717, 1.165) is 11.0 Å². The number of amides is 1. The van der Waals surface area contributed by atoms with Gasteiger partial charge in [0.1, 0.15) is 6.04 Å². The SMILES string of the molecule is CCCS(=O)(=O)N1CCC[C@@H]1C(=O)Nc1cnc2c(cnn2C(C)C)c1. The molecule has 0 saturated carbocycles. The van der Waals surface area contributed by atoms with Gasteiger partial charge in [0.15, 0.2) is 5.65 Å². The average Bonchev–Trinajstić information content (AvgIpc) is 3.21. The fraction of sp³-hybridized carbons (Fsp3) is 0.588. The van der Waals surface area contributed by atoms with E-state index in [9.17, 15) is 13.2 Å². The second-order valence-corrected chi connectivity index (χ2v) is 8.93. The van der Waals surface area contributed by atoms with E-state index in [1.165, 1.54) is 4.31 Å². The van der Waals surface area contributed by atoms with Crippen LogP contribution in [0.15, 0.2) is 18.5 Å². The molecule has 3 rings (SSSR count). The van der Waals surface area contributed by atoms with E-state index in [4.69, 9.17) is 0 Å². The van der Waals surface area contributed by atoms with Crippen molar-refractivity contribution in [1.29, 1.82) is 0 Å². The molecule has 0 aromatic carbocycles. The molecule has 1 N–H and O–H groups in total. The molecule has 9 heteroatoms. The van der Waals surface area contributed by atoms with Crippen LogP contribution in [0.2, 0.25) is 0 Å². The topological polar surface area (TPSA) is 97.2 Å². The van der Waals surface area contributed by atoms with Crippen molar-refractivity contribution >= 4 is 32.7 Å². The third-order valence-corrected chi connectivity index (χ3v) is 6.59. The highest BCUT2D eigenvalue weighted by atomic mass is 32.2. The molecule has 3 heterocycles. The molecule has 1 atom stereocenters. The Labute approximate surface area is 153 Å². The molecule has 1 aliphatic rings. The number of nitrogens with zero attached hydrogens (tertiary/aromatic N) is 4. The van der Waals surface area contributed by atoms with Gasteiger partial charge in [-0.25, -0.2) is 18.1 Å². The molecule has 2 aromatic heterocycles. The molecular formula is C17H25N5O3S. The summed E-state index contributed by atoms with van der Waals surface area (Å²) in [6.07, 6.45) is 5.06. The van der Waals surface area contributed by atoms with E-state index >= 15 is 0 Å². The highest BCUT2D eigenvalue weighted by molar-refractivity contribution is 7.89. The molecule has 0 aliphatic carbocycles. The van der Waals surface area contributed by atoms with E-state index in [2.05, 4.69) is 15.4 Å². The van der Waals surface area contributed by atoms with Crippen molar-refractivity contribution in [3.63, 3.8) is 0 Å². The van der Waals surface area contributed by atoms with Gasteiger partial charge in [-0.05, 0) is 39.2 Å². The van der Waals surface area contributed by atoms with Crippen LogP contribution >= 0.6 is 0 Å². The number of carbonyl (C=O) groups is 1. The molecule has 26 heavy (non-hydrogen) atoms. The molecule has 2 aromatic rings. The van der Waals surface area contributed by atoms with E-state index in [0.29, 0.717) is 31.5 Å². The largest absolute Gasteiger partial charge is 0.323 e. The summed E-state index contributed by atoms with van der Waals surface area (Å²) in [5, 5.41) is 7.96. The van der Waals surface area contributed by atoms with Crippen LogP contribution in [0.3, 0.4) is 0 Å². The first kappa shape index (κ1) is 18.8. The number of hydrogen-bond donors (Lipinski definition) is 1. The van der Waals surface area contributed by atoms with Crippen molar-refractivity contribution in [3.05, 3.63) is 18.5 Å². The van der Waals surface area contributed by atoms with Gasteiger partial charge in [0.2, 0.25) is 15.9 Å². The summed E-state index contributed by atoms with van der Waals surface area (Å²) < 4.78 is 27.9. The van der Waals surface area contributed by atoms with Gasteiger partial charge in [0, 0.05) is 18.0 Å². The molecule has 1 amide bonds. The Morgan fingerprint density at radius 3 is 2.85 bits per heavy atom. The van der Waals surface area contributed by atoms with Crippen LogP contribution in [0.25, 0.3) is 11.0 Å². The second kappa shape index (κ2) is 7.32. The second-order valence-electron chi connectivity index (χ2n) is 6.89. The molecule has 142 valence electrons. The van der Waals surface area contributed by atoms with Gasteiger partial charge in [0.05, 0.1) is 23.8 Å². The monoisotopic (exact) mass is 379 g/mol. The molecule has 0 spiro atoms. The fourth-order valence-electron chi connectivity index (χ4n) is 3.32.